The minimum Gasteiger partial charge on any atom is -0.493 e. The number of ether oxygens (including phenoxy) is 2. The monoisotopic (exact) mass is 363 g/mol. The predicted molar refractivity (Wildman–Crippen MR) is 99.0 cm³/mol. The number of pyridine rings is 1. The van der Waals surface area contributed by atoms with Gasteiger partial charge < -0.3 is 14.8 Å². The SMILES string of the molecule is C=CCNC(=O)C(C#N)=Cc1ccc(OC(=O)c2ccncc2)c(OC)c1. The van der Waals surface area contributed by atoms with Crippen LogP contribution in [0.25, 0.3) is 6.08 Å². The number of amides is 1. The first kappa shape index (κ1) is 19.4. The Kier molecular flexibility index (Phi) is 6.85. The Labute approximate surface area is 156 Å². The number of hydrogen-bond donors (Lipinski definition) is 1. The molecule has 0 unspecified atom stereocenters. The van der Waals surface area contributed by atoms with Gasteiger partial charge in [-0.3, -0.25) is 9.78 Å². The van der Waals surface area contributed by atoms with Crippen LogP contribution in [0.15, 0.2) is 61.0 Å². The zero-order valence-electron chi connectivity index (χ0n) is 14.6. The second kappa shape index (κ2) is 9.53. The normalized spacial score (nSPS) is 10.4. The molecular weight excluding hydrogens is 346 g/mol. The summed E-state index contributed by atoms with van der Waals surface area (Å²) in [7, 11) is 1.43. The Balaban J connectivity index is 2.24. The number of nitriles is 1. The molecular formula is C20H17N3O4. The standard InChI is InChI=1S/C20H17N3O4/c1-3-8-23-19(24)16(13-21)11-14-4-5-17(18(12-14)26-2)27-20(25)15-6-9-22-10-7-15/h3-7,9-12H,1,8H2,2H3,(H,23,24). The van der Waals surface area contributed by atoms with Gasteiger partial charge in [0, 0.05) is 18.9 Å². The third-order valence-corrected chi connectivity index (χ3v) is 3.39. The van der Waals surface area contributed by atoms with Crippen LogP contribution in [0.3, 0.4) is 0 Å². The van der Waals surface area contributed by atoms with E-state index in [0.29, 0.717) is 11.1 Å². The highest BCUT2D eigenvalue weighted by atomic mass is 16.6. The van der Waals surface area contributed by atoms with Gasteiger partial charge in [-0.1, -0.05) is 12.1 Å². The topological polar surface area (TPSA) is 101 Å². The van der Waals surface area contributed by atoms with E-state index in [1.165, 1.54) is 49.9 Å². The van der Waals surface area contributed by atoms with Crippen molar-refractivity contribution in [3.8, 4) is 17.6 Å². The van der Waals surface area contributed by atoms with Gasteiger partial charge in [-0.25, -0.2) is 4.79 Å². The van der Waals surface area contributed by atoms with Gasteiger partial charge >= 0.3 is 5.97 Å². The van der Waals surface area contributed by atoms with Gasteiger partial charge in [0.1, 0.15) is 11.6 Å². The number of aromatic nitrogens is 1. The van der Waals surface area contributed by atoms with Crippen molar-refractivity contribution in [1.82, 2.24) is 10.3 Å². The molecule has 2 rings (SSSR count). The van der Waals surface area contributed by atoms with Crippen LogP contribution in [-0.4, -0.2) is 30.5 Å². The Hall–Kier alpha value is -3.92. The molecule has 0 radical (unpaired) electrons. The van der Waals surface area contributed by atoms with Crippen LogP contribution in [0.5, 0.6) is 11.5 Å². The van der Waals surface area contributed by atoms with E-state index in [1.807, 2.05) is 6.07 Å². The molecule has 0 atom stereocenters. The van der Waals surface area contributed by atoms with E-state index < -0.39 is 11.9 Å². The maximum Gasteiger partial charge on any atom is 0.343 e. The maximum absolute atomic E-state index is 12.2. The molecule has 0 aliphatic rings. The third-order valence-electron chi connectivity index (χ3n) is 3.39. The molecule has 0 spiro atoms. The lowest BCUT2D eigenvalue weighted by atomic mass is 10.1. The molecule has 7 nitrogen and oxygen atoms in total. The molecule has 0 fully saturated rings. The van der Waals surface area contributed by atoms with E-state index >= 15 is 0 Å². The van der Waals surface area contributed by atoms with Gasteiger partial charge in [-0.05, 0) is 35.9 Å². The number of carbonyl (C=O) groups is 2. The lowest BCUT2D eigenvalue weighted by Crippen LogP contribution is -2.24. The van der Waals surface area contributed by atoms with E-state index in [2.05, 4.69) is 16.9 Å². The van der Waals surface area contributed by atoms with E-state index in [-0.39, 0.29) is 23.6 Å². The molecule has 1 aromatic heterocycles. The quantitative estimate of drug-likeness (QED) is 0.267. The molecule has 27 heavy (non-hydrogen) atoms. The molecule has 1 aromatic carbocycles. The molecule has 1 amide bonds. The highest BCUT2D eigenvalue weighted by Crippen LogP contribution is 2.29. The fourth-order valence-corrected chi connectivity index (χ4v) is 2.08. The van der Waals surface area contributed by atoms with Crippen LogP contribution in [0.1, 0.15) is 15.9 Å². The Morgan fingerprint density at radius 3 is 2.63 bits per heavy atom. The summed E-state index contributed by atoms with van der Waals surface area (Å²) >= 11 is 0. The van der Waals surface area contributed by atoms with Gasteiger partial charge in [0.2, 0.25) is 0 Å². The summed E-state index contributed by atoms with van der Waals surface area (Å²) in [4.78, 5) is 27.9. The highest BCUT2D eigenvalue weighted by molar-refractivity contribution is 6.01. The third kappa shape index (κ3) is 5.28. The number of rotatable bonds is 7. The summed E-state index contributed by atoms with van der Waals surface area (Å²) in [6, 6.07) is 9.61. The summed E-state index contributed by atoms with van der Waals surface area (Å²) < 4.78 is 10.6. The average molecular weight is 363 g/mol. The van der Waals surface area contributed by atoms with Crippen LogP contribution in [0.4, 0.5) is 0 Å². The van der Waals surface area contributed by atoms with Gasteiger partial charge in [0.25, 0.3) is 5.91 Å². The Bertz CT molecular complexity index is 915. The smallest absolute Gasteiger partial charge is 0.343 e. The van der Waals surface area contributed by atoms with Gasteiger partial charge in [-0.15, -0.1) is 6.58 Å². The van der Waals surface area contributed by atoms with Gasteiger partial charge in [0.05, 0.1) is 12.7 Å². The van der Waals surface area contributed by atoms with Crippen molar-refractivity contribution >= 4 is 18.0 Å². The molecule has 136 valence electrons. The second-order valence-electron chi connectivity index (χ2n) is 5.20. The number of methoxy groups -OCH3 is 1. The van der Waals surface area contributed by atoms with Gasteiger partial charge in [-0.2, -0.15) is 5.26 Å². The van der Waals surface area contributed by atoms with E-state index in [1.54, 1.807) is 12.1 Å². The largest absolute Gasteiger partial charge is 0.493 e. The van der Waals surface area contributed by atoms with Crippen LogP contribution in [0, 0.1) is 11.3 Å². The predicted octanol–water partition coefficient (Wildman–Crippen LogP) is 2.52. The molecule has 0 bridgehead atoms. The van der Waals surface area contributed by atoms with Crippen LogP contribution in [-0.2, 0) is 4.79 Å². The number of esters is 1. The summed E-state index contributed by atoms with van der Waals surface area (Å²) in [5.74, 6) is -0.564. The minimum absolute atomic E-state index is 0.0690. The number of hydrogen-bond acceptors (Lipinski definition) is 6. The van der Waals surface area contributed by atoms with Crippen molar-refractivity contribution in [2.24, 2.45) is 0 Å². The minimum atomic E-state index is -0.555. The Morgan fingerprint density at radius 1 is 1.26 bits per heavy atom. The highest BCUT2D eigenvalue weighted by Gasteiger charge is 2.13. The zero-order chi connectivity index (χ0) is 19.6. The number of carbonyl (C=O) groups excluding carboxylic acids is 2. The van der Waals surface area contributed by atoms with Crippen LogP contribution in [0.2, 0.25) is 0 Å². The molecule has 7 heteroatoms. The van der Waals surface area contributed by atoms with Crippen molar-refractivity contribution in [1.29, 1.82) is 5.26 Å². The average Bonchev–Trinajstić information content (AvgIpc) is 2.71. The molecule has 1 heterocycles. The lowest BCUT2D eigenvalue weighted by molar-refractivity contribution is -0.116. The van der Waals surface area contributed by atoms with Crippen LogP contribution < -0.4 is 14.8 Å². The summed E-state index contributed by atoms with van der Waals surface area (Å²) in [5.41, 5.74) is 0.822. The Morgan fingerprint density at radius 2 is 2.00 bits per heavy atom. The van der Waals surface area contributed by atoms with Crippen LogP contribution >= 0.6 is 0 Å². The zero-order valence-corrected chi connectivity index (χ0v) is 14.6. The second-order valence-corrected chi connectivity index (χ2v) is 5.20. The fraction of sp³-hybridized carbons (Fsp3) is 0.100. The first-order chi connectivity index (χ1) is 13.1. The molecule has 1 N–H and O–H groups in total. The molecule has 0 saturated heterocycles. The van der Waals surface area contributed by atoms with Crippen molar-refractivity contribution in [3.63, 3.8) is 0 Å². The number of benzene rings is 1. The molecule has 0 aliphatic carbocycles. The van der Waals surface area contributed by atoms with Crippen molar-refractivity contribution in [2.75, 3.05) is 13.7 Å². The first-order valence-corrected chi connectivity index (χ1v) is 7.90. The first-order valence-electron chi connectivity index (χ1n) is 7.90. The maximum atomic E-state index is 12.2. The molecule has 0 aliphatic heterocycles. The lowest BCUT2D eigenvalue weighted by Gasteiger charge is -2.10. The van der Waals surface area contributed by atoms with Crippen molar-refractivity contribution < 1.29 is 19.1 Å². The number of nitrogens with zero attached hydrogens (tertiary/aromatic N) is 2. The summed E-state index contributed by atoms with van der Waals surface area (Å²) in [5, 5.41) is 11.7. The van der Waals surface area contributed by atoms with E-state index in [0.717, 1.165) is 0 Å². The summed E-state index contributed by atoms with van der Waals surface area (Å²) in [6.45, 7) is 3.76. The number of nitrogens with one attached hydrogen (secondary N) is 1. The van der Waals surface area contributed by atoms with Gasteiger partial charge in [0.15, 0.2) is 11.5 Å². The van der Waals surface area contributed by atoms with Crippen molar-refractivity contribution in [2.45, 2.75) is 0 Å². The molecule has 2 aromatic rings. The van der Waals surface area contributed by atoms with E-state index in [9.17, 15) is 14.9 Å². The van der Waals surface area contributed by atoms with E-state index in [4.69, 9.17) is 9.47 Å². The molecule has 0 saturated carbocycles. The summed E-state index contributed by atoms with van der Waals surface area (Å²) in [6.07, 6.45) is 5.91. The van der Waals surface area contributed by atoms with Crippen molar-refractivity contribution in [3.05, 3.63) is 72.1 Å². The fourth-order valence-electron chi connectivity index (χ4n) is 2.08.